The molecule has 2 aliphatic heterocycles. The summed E-state index contributed by atoms with van der Waals surface area (Å²) in [5, 5.41) is 13.2. The van der Waals surface area contributed by atoms with Gasteiger partial charge in [-0.1, -0.05) is 12.1 Å². The van der Waals surface area contributed by atoms with E-state index in [1.54, 1.807) is 6.07 Å². The summed E-state index contributed by atoms with van der Waals surface area (Å²) in [7, 11) is 0. The highest BCUT2D eigenvalue weighted by atomic mass is 16.3. The third kappa shape index (κ3) is 2.05. The maximum absolute atomic E-state index is 9.67. The number of nitrogens with zero attached hydrogens (tertiary/aromatic N) is 1. The number of fused-ring (bicyclic) bond motifs is 1. The smallest absolute Gasteiger partial charge is 0.115 e. The lowest BCUT2D eigenvalue weighted by atomic mass is 9.84. The van der Waals surface area contributed by atoms with Crippen molar-refractivity contribution in [1.82, 2.24) is 10.2 Å². The summed E-state index contributed by atoms with van der Waals surface area (Å²) in [5.41, 5.74) is 1.43. The van der Waals surface area contributed by atoms with Crippen molar-refractivity contribution in [3.63, 3.8) is 0 Å². The second kappa shape index (κ2) is 4.50. The van der Waals surface area contributed by atoms with Gasteiger partial charge >= 0.3 is 0 Å². The highest BCUT2D eigenvalue weighted by Crippen LogP contribution is 2.44. The van der Waals surface area contributed by atoms with Crippen LogP contribution < -0.4 is 5.32 Å². The first kappa shape index (κ1) is 12.9. The Kier molecular flexibility index (Phi) is 3.06. The van der Waals surface area contributed by atoms with Gasteiger partial charge in [0.05, 0.1) is 0 Å². The van der Waals surface area contributed by atoms with Crippen molar-refractivity contribution >= 4 is 0 Å². The Labute approximate surface area is 115 Å². The minimum absolute atomic E-state index is 0.221. The number of phenolic OH excluding ortho intramolecular Hbond substituents is 1. The monoisotopic (exact) mass is 260 g/mol. The molecule has 2 saturated heterocycles. The van der Waals surface area contributed by atoms with Gasteiger partial charge in [0, 0.05) is 24.7 Å². The van der Waals surface area contributed by atoms with Crippen LogP contribution in [0.5, 0.6) is 5.75 Å². The maximum atomic E-state index is 9.67. The number of hydrogen-bond donors (Lipinski definition) is 2. The number of phenols is 1. The van der Waals surface area contributed by atoms with Crippen LogP contribution in [-0.2, 0) is 0 Å². The number of nitrogens with one attached hydrogen (secondary N) is 1. The fourth-order valence-electron chi connectivity index (χ4n) is 4.07. The largest absolute Gasteiger partial charge is 0.508 e. The van der Waals surface area contributed by atoms with Gasteiger partial charge in [0.15, 0.2) is 0 Å². The van der Waals surface area contributed by atoms with Crippen LogP contribution >= 0.6 is 0 Å². The molecule has 2 N–H and O–H groups in total. The van der Waals surface area contributed by atoms with Gasteiger partial charge in [-0.05, 0) is 56.8 Å². The number of likely N-dealkylation sites (tertiary alicyclic amines) is 1. The van der Waals surface area contributed by atoms with E-state index in [1.165, 1.54) is 5.56 Å². The van der Waals surface area contributed by atoms with Crippen LogP contribution in [0.2, 0.25) is 0 Å². The quantitative estimate of drug-likeness (QED) is 0.857. The van der Waals surface area contributed by atoms with E-state index in [1.807, 2.05) is 12.1 Å². The van der Waals surface area contributed by atoms with E-state index >= 15 is 0 Å². The van der Waals surface area contributed by atoms with E-state index in [-0.39, 0.29) is 5.54 Å². The molecule has 2 aliphatic rings. The molecule has 1 aromatic rings. The molecule has 0 bridgehead atoms. The standard InChI is InChI=1S/C16H24N2O/c1-11(12-5-4-6-14(19)7-12)18-10-13-8-17-9-15(13)16(18,2)3/h4-7,11,13,15,17,19H,8-10H2,1-3H3. The molecule has 0 radical (unpaired) electrons. The molecule has 0 amide bonds. The number of rotatable bonds is 2. The van der Waals surface area contributed by atoms with Gasteiger partial charge < -0.3 is 10.4 Å². The molecule has 2 heterocycles. The molecule has 104 valence electrons. The summed E-state index contributed by atoms with van der Waals surface area (Å²) in [6, 6.07) is 8.05. The van der Waals surface area contributed by atoms with E-state index in [0.29, 0.717) is 11.8 Å². The van der Waals surface area contributed by atoms with Crippen molar-refractivity contribution in [3.05, 3.63) is 29.8 Å². The van der Waals surface area contributed by atoms with Gasteiger partial charge in [0.1, 0.15) is 5.75 Å². The lowest BCUT2D eigenvalue weighted by molar-refractivity contribution is 0.0969. The molecule has 3 atom stereocenters. The third-order valence-electron chi connectivity index (χ3n) is 5.24. The Bertz CT molecular complexity index is 472. The lowest BCUT2D eigenvalue weighted by Gasteiger charge is -2.40. The van der Waals surface area contributed by atoms with Crippen molar-refractivity contribution in [1.29, 1.82) is 0 Å². The average molecular weight is 260 g/mol. The van der Waals surface area contributed by atoms with Crippen LogP contribution in [0.25, 0.3) is 0 Å². The van der Waals surface area contributed by atoms with Gasteiger partial charge in [-0.25, -0.2) is 0 Å². The number of hydrogen-bond acceptors (Lipinski definition) is 3. The summed E-state index contributed by atoms with van der Waals surface area (Å²) in [5.74, 6) is 1.88. The van der Waals surface area contributed by atoms with Crippen molar-refractivity contribution in [2.45, 2.75) is 32.4 Å². The SMILES string of the molecule is CC(c1cccc(O)c1)N1CC2CNCC2C1(C)C. The molecule has 0 aromatic heterocycles. The van der Waals surface area contributed by atoms with Crippen LogP contribution in [0, 0.1) is 11.8 Å². The van der Waals surface area contributed by atoms with Crippen molar-refractivity contribution in [2.75, 3.05) is 19.6 Å². The molecule has 0 saturated carbocycles. The molecule has 19 heavy (non-hydrogen) atoms. The second-order valence-corrected chi connectivity index (χ2v) is 6.60. The van der Waals surface area contributed by atoms with E-state index < -0.39 is 0 Å². The van der Waals surface area contributed by atoms with Crippen LogP contribution in [0.3, 0.4) is 0 Å². The summed E-state index contributed by atoms with van der Waals surface area (Å²) in [6.45, 7) is 10.4. The zero-order chi connectivity index (χ0) is 13.6. The van der Waals surface area contributed by atoms with Gasteiger partial charge in [-0.3, -0.25) is 4.90 Å². The zero-order valence-electron chi connectivity index (χ0n) is 12.1. The molecule has 0 aliphatic carbocycles. The lowest BCUT2D eigenvalue weighted by Crippen LogP contribution is -2.45. The van der Waals surface area contributed by atoms with E-state index in [0.717, 1.165) is 31.5 Å². The fraction of sp³-hybridized carbons (Fsp3) is 0.625. The molecule has 0 spiro atoms. The number of benzene rings is 1. The summed E-state index contributed by atoms with van der Waals surface area (Å²) in [4.78, 5) is 2.61. The minimum atomic E-state index is 0.221. The normalized spacial score (nSPS) is 31.3. The summed E-state index contributed by atoms with van der Waals surface area (Å²) in [6.07, 6.45) is 0. The molecule has 3 nitrogen and oxygen atoms in total. The van der Waals surface area contributed by atoms with E-state index in [9.17, 15) is 5.11 Å². The van der Waals surface area contributed by atoms with E-state index in [2.05, 4.69) is 37.1 Å². The van der Waals surface area contributed by atoms with Crippen LogP contribution in [0.4, 0.5) is 0 Å². The third-order valence-corrected chi connectivity index (χ3v) is 5.24. The van der Waals surface area contributed by atoms with Gasteiger partial charge in [0.2, 0.25) is 0 Å². The highest BCUT2D eigenvalue weighted by Gasteiger charge is 2.50. The van der Waals surface area contributed by atoms with Crippen LogP contribution in [-0.4, -0.2) is 35.2 Å². The van der Waals surface area contributed by atoms with Crippen molar-refractivity contribution in [2.24, 2.45) is 11.8 Å². The van der Waals surface area contributed by atoms with Gasteiger partial charge in [-0.2, -0.15) is 0 Å². The first-order chi connectivity index (χ1) is 9.00. The summed E-state index contributed by atoms with van der Waals surface area (Å²) >= 11 is 0. The van der Waals surface area contributed by atoms with Crippen LogP contribution in [0.15, 0.2) is 24.3 Å². The molecular formula is C16H24N2O. The maximum Gasteiger partial charge on any atom is 0.115 e. The zero-order valence-corrected chi connectivity index (χ0v) is 12.1. The molecule has 3 heteroatoms. The molecule has 3 unspecified atom stereocenters. The first-order valence-corrected chi connectivity index (χ1v) is 7.26. The molecular weight excluding hydrogens is 236 g/mol. The Hall–Kier alpha value is -1.06. The topological polar surface area (TPSA) is 35.5 Å². The second-order valence-electron chi connectivity index (χ2n) is 6.60. The Morgan fingerprint density at radius 1 is 1.37 bits per heavy atom. The van der Waals surface area contributed by atoms with Crippen molar-refractivity contribution < 1.29 is 5.11 Å². The highest BCUT2D eigenvalue weighted by molar-refractivity contribution is 5.29. The van der Waals surface area contributed by atoms with E-state index in [4.69, 9.17) is 0 Å². The first-order valence-electron chi connectivity index (χ1n) is 7.26. The van der Waals surface area contributed by atoms with Gasteiger partial charge in [-0.15, -0.1) is 0 Å². The van der Waals surface area contributed by atoms with Gasteiger partial charge in [0.25, 0.3) is 0 Å². The molecule has 2 fully saturated rings. The predicted molar refractivity (Wildman–Crippen MR) is 77.2 cm³/mol. The van der Waals surface area contributed by atoms with Crippen LogP contribution in [0.1, 0.15) is 32.4 Å². The average Bonchev–Trinajstić information content (AvgIpc) is 2.91. The Morgan fingerprint density at radius 3 is 2.84 bits per heavy atom. The Balaban J connectivity index is 1.86. The number of aromatic hydroxyl groups is 1. The minimum Gasteiger partial charge on any atom is -0.508 e. The molecule has 1 aromatic carbocycles. The van der Waals surface area contributed by atoms with Crippen molar-refractivity contribution in [3.8, 4) is 5.75 Å². The predicted octanol–water partition coefficient (Wildman–Crippen LogP) is 2.38. The molecule has 3 rings (SSSR count). The fourth-order valence-corrected chi connectivity index (χ4v) is 4.07. The summed E-state index contributed by atoms with van der Waals surface area (Å²) < 4.78 is 0. The Morgan fingerprint density at radius 2 is 2.16 bits per heavy atom.